The molecule has 4 aliphatic rings. The Labute approximate surface area is 510 Å². The molecule has 0 radical (unpaired) electrons. The SMILES string of the molecule is C/C=C/C[C@@H](CCC1(C)OCCO1)C(=O)O[C@H](C(=O)N[C@@H](C)C(=O)N1CCC[C@@H](C(=O)OCC(Cl)(Cl)Cl)N1)C(C)C.C=CC[C@@H](CCC1(C)OCCO1)C(=O)O.CC(C)[C@H](O)C(=O)N[C@@H](C)C(=O)N1CCC[C@@H](C(=O)OCC(Cl)(Cl)Cl)N1. The summed E-state index contributed by atoms with van der Waals surface area (Å²) < 4.78 is 34.3. The lowest BCUT2D eigenvalue weighted by Crippen LogP contribution is -2.60. The molecule has 470 valence electrons. The minimum absolute atomic E-state index is 0.275. The number of hydrogen-bond acceptors (Lipinski definition) is 18. The zero-order valence-corrected chi connectivity index (χ0v) is 52.7. The minimum Gasteiger partial charge on any atom is -0.481 e. The maximum absolute atomic E-state index is 13.2. The van der Waals surface area contributed by atoms with Crippen LogP contribution in [-0.2, 0) is 71.5 Å². The Hall–Kier alpha value is -3.30. The second-order valence-corrected chi connectivity index (χ2v) is 26.2. The van der Waals surface area contributed by atoms with Gasteiger partial charge in [0, 0.05) is 25.9 Å². The van der Waals surface area contributed by atoms with Gasteiger partial charge in [-0.05, 0) is 97.8 Å². The van der Waals surface area contributed by atoms with Crippen molar-refractivity contribution in [1.82, 2.24) is 31.5 Å². The normalized spacial score (nSPS) is 21.0. The molecule has 82 heavy (non-hydrogen) atoms. The molecule has 0 aromatic carbocycles. The van der Waals surface area contributed by atoms with Crippen molar-refractivity contribution in [1.29, 1.82) is 0 Å². The summed E-state index contributed by atoms with van der Waals surface area (Å²) in [5, 5.41) is 26.3. The molecule has 23 nitrogen and oxygen atoms in total. The number of aliphatic hydroxyl groups excluding tert-OH is 1. The van der Waals surface area contributed by atoms with Crippen LogP contribution in [0.3, 0.4) is 0 Å². The molecule has 0 bridgehead atoms. The number of carbonyl (C=O) groups is 8. The van der Waals surface area contributed by atoms with Gasteiger partial charge in [0.15, 0.2) is 17.7 Å². The van der Waals surface area contributed by atoms with E-state index in [0.717, 1.165) is 0 Å². The summed E-state index contributed by atoms with van der Waals surface area (Å²) >= 11 is 33.5. The van der Waals surface area contributed by atoms with Gasteiger partial charge >= 0.3 is 23.9 Å². The van der Waals surface area contributed by atoms with Gasteiger partial charge in [-0.15, -0.1) is 6.58 Å². The van der Waals surface area contributed by atoms with Crippen molar-refractivity contribution < 1.29 is 81.7 Å². The van der Waals surface area contributed by atoms with Crippen molar-refractivity contribution >= 4 is 117 Å². The third kappa shape index (κ3) is 27.8. The predicted molar refractivity (Wildman–Crippen MR) is 307 cm³/mol. The van der Waals surface area contributed by atoms with Gasteiger partial charge in [-0.2, -0.15) is 0 Å². The van der Waals surface area contributed by atoms with Crippen LogP contribution in [0.2, 0.25) is 0 Å². The van der Waals surface area contributed by atoms with Crippen molar-refractivity contribution in [3.8, 4) is 0 Å². The molecule has 0 aliphatic carbocycles. The average molecular weight is 1290 g/mol. The molecule has 4 heterocycles. The van der Waals surface area contributed by atoms with E-state index >= 15 is 0 Å². The number of amides is 4. The molecule has 4 rings (SSSR count). The van der Waals surface area contributed by atoms with Gasteiger partial charge in [-0.25, -0.2) is 10.9 Å². The van der Waals surface area contributed by atoms with Gasteiger partial charge < -0.3 is 54.0 Å². The van der Waals surface area contributed by atoms with Crippen LogP contribution >= 0.6 is 69.6 Å². The zero-order chi connectivity index (χ0) is 62.2. The van der Waals surface area contributed by atoms with E-state index < -0.39 is 122 Å². The number of aliphatic hydroxyl groups is 1. The molecule has 29 heteroatoms. The fraction of sp³-hybridized carbons (Fsp3) is 0.774. The quantitative estimate of drug-likeness (QED) is 0.0252. The minimum atomic E-state index is -1.75. The number of ether oxygens (including phenoxy) is 7. The van der Waals surface area contributed by atoms with Gasteiger partial charge in [0.05, 0.1) is 38.3 Å². The summed E-state index contributed by atoms with van der Waals surface area (Å²) in [7, 11) is 0. The molecular weight excluding hydrogens is 1210 g/mol. The molecule has 0 saturated carbocycles. The first-order chi connectivity index (χ1) is 38.1. The summed E-state index contributed by atoms with van der Waals surface area (Å²) in [5.74, 6) is -7.57. The van der Waals surface area contributed by atoms with Crippen LogP contribution in [0.4, 0.5) is 0 Å². The maximum Gasteiger partial charge on any atom is 0.325 e. The number of nitrogens with one attached hydrogen (secondary N) is 4. The molecule has 4 amide bonds. The Morgan fingerprint density at radius 2 is 1.10 bits per heavy atom. The largest absolute Gasteiger partial charge is 0.481 e. The third-order valence-corrected chi connectivity index (χ3v) is 13.8. The van der Waals surface area contributed by atoms with E-state index in [0.29, 0.717) is 104 Å². The molecule has 0 spiro atoms. The summed E-state index contributed by atoms with van der Waals surface area (Å²) in [6.45, 7) is 21.1. The Morgan fingerprint density at radius 1 is 0.683 bits per heavy atom. The topological polar surface area (TPSA) is 296 Å². The van der Waals surface area contributed by atoms with E-state index in [9.17, 15) is 43.5 Å². The number of carbonyl (C=O) groups excluding carboxylic acids is 7. The molecule has 0 aromatic heterocycles. The predicted octanol–water partition coefficient (Wildman–Crippen LogP) is 6.32. The van der Waals surface area contributed by atoms with Gasteiger partial charge in [0.1, 0.15) is 43.5 Å². The van der Waals surface area contributed by atoms with Gasteiger partial charge in [-0.3, -0.25) is 48.4 Å². The molecule has 6 N–H and O–H groups in total. The van der Waals surface area contributed by atoms with Crippen LogP contribution < -0.4 is 21.5 Å². The second-order valence-electron chi connectivity index (χ2n) is 21.1. The van der Waals surface area contributed by atoms with E-state index in [1.54, 1.807) is 33.8 Å². The van der Waals surface area contributed by atoms with Gasteiger partial charge in [0.25, 0.3) is 17.7 Å². The standard InChI is InChI=1S/C27H42Cl3N3O8.C15H24Cl3N3O5.C11H18O4/c1-6-7-9-19(11-12-26(5)39-14-15-40-26)24(36)41-21(17(2)3)22(34)31-18(4)23(35)33-13-8-10-20(32-33)25(37)38-16-27(28,29)30;1-8(2)11(22)12(23)19-9(3)13(24)21-6-4-5-10(20-21)14(25)26-7-15(16,17)18;1-3-4-9(10(12)13)5-6-11(2)14-7-8-15-11/h6-7,17-21,32H,8-16H2,1-5H3,(H,31,34);8-11,20,22H,4-7H2,1-3H3,(H,19,23);3,9H,1,4-8H2,2H3,(H,12,13)/b7-6+;;/t18-,19-,20-,21-;9-,10-,11-;9-/m000/s1. The number of carboxylic acids is 1. The number of carboxylic acid groups (broad SMARTS) is 1. The van der Waals surface area contributed by atoms with Crippen molar-refractivity contribution in [3.05, 3.63) is 24.8 Å². The van der Waals surface area contributed by atoms with E-state index in [-0.39, 0.29) is 17.8 Å². The highest BCUT2D eigenvalue weighted by atomic mass is 35.6. The van der Waals surface area contributed by atoms with E-state index in [2.05, 4.69) is 28.1 Å². The fourth-order valence-electron chi connectivity index (χ4n) is 8.39. The average Bonchev–Trinajstić information content (AvgIpc) is 4.13. The number of alkyl halides is 6. The summed E-state index contributed by atoms with van der Waals surface area (Å²) in [5.41, 5.74) is 5.58. The Morgan fingerprint density at radius 3 is 1.46 bits per heavy atom. The van der Waals surface area contributed by atoms with E-state index in [4.69, 9.17) is 108 Å². The number of rotatable bonds is 25. The highest BCUT2D eigenvalue weighted by Crippen LogP contribution is 2.31. The Balaban J connectivity index is 0.000000474. The second kappa shape index (κ2) is 36.0. The first-order valence-electron chi connectivity index (χ1n) is 27.3. The molecular formula is C53H84Cl6N6O17. The first kappa shape index (κ1) is 74.8. The van der Waals surface area contributed by atoms with Crippen LogP contribution in [-0.4, -0.2) is 176 Å². The lowest BCUT2D eigenvalue weighted by molar-refractivity contribution is -0.167. The Kier molecular flexibility index (Phi) is 32.8. The maximum atomic E-state index is 13.2. The van der Waals surface area contributed by atoms with E-state index in [1.165, 1.54) is 23.9 Å². The van der Waals surface area contributed by atoms with Crippen molar-refractivity contribution in [2.24, 2.45) is 23.7 Å². The van der Waals surface area contributed by atoms with Crippen LogP contribution in [0.15, 0.2) is 24.8 Å². The number of esters is 3. The lowest BCUT2D eigenvalue weighted by atomic mass is 9.96. The summed E-state index contributed by atoms with van der Waals surface area (Å²) in [4.78, 5) is 99.0. The van der Waals surface area contributed by atoms with Crippen molar-refractivity contribution in [3.63, 3.8) is 0 Å². The van der Waals surface area contributed by atoms with Crippen LogP contribution in [0.5, 0.6) is 0 Å². The third-order valence-electron chi connectivity index (χ3n) is 13.2. The number of hydrazine groups is 2. The fourth-order valence-corrected chi connectivity index (χ4v) is 8.72. The van der Waals surface area contributed by atoms with Crippen molar-refractivity contribution in [2.75, 3.05) is 52.7 Å². The molecule has 0 unspecified atom stereocenters. The monoisotopic (exact) mass is 1290 g/mol. The van der Waals surface area contributed by atoms with Gasteiger partial charge in [0.2, 0.25) is 13.5 Å². The number of nitrogens with zero attached hydrogens (tertiary/aromatic N) is 2. The molecule has 4 aliphatic heterocycles. The van der Waals surface area contributed by atoms with Crippen LogP contribution in [0.1, 0.15) is 127 Å². The van der Waals surface area contributed by atoms with E-state index in [1.807, 2.05) is 32.9 Å². The molecule has 4 saturated heterocycles. The first-order valence-corrected chi connectivity index (χ1v) is 29.5. The number of aliphatic carboxylic acids is 1. The summed E-state index contributed by atoms with van der Waals surface area (Å²) in [6, 6.07) is -3.42. The van der Waals surface area contributed by atoms with Gasteiger partial charge in [-0.1, -0.05) is 116 Å². The highest BCUT2D eigenvalue weighted by molar-refractivity contribution is 6.68. The molecule has 0 aromatic rings. The Bertz CT molecular complexity index is 2120. The summed E-state index contributed by atoms with van der Waals surface area (Å²) in [6.07, 6.45) is 8.04. The number of halogens is 6. The molecule has 8 atom stereocenters. The molecule has 4 fully saturated rings. The smallest absolute Gasteiger partial charge is 0.325 e. The lowest BCUT2D eigenvalue weighted by Gasteiger charge is -2.34. The zero-order valence-electron chi connectivity index (χ0n) is 48.1. The van der Waals surface area contributed by atoms with Crippen LogP contribution in [0.25, 0.3) is 0 Å². The number of allylic oxidation sites excluding steroid dienone is 3. The van der Waals surface area contributed by atoms with Crippen LogP contribution in [0, 0.1) is 23.7 Å². The van der Waals surface area contributed by atoms with Crippen molar-refractivity contribution in [2.45, 2.75) is 182 Å². The highest BCUT2D eigenvalue weighted by Gasteiger charge is 2.39. The number of hydrogen-bond donors (Lipinski definition) is 6.